The molecule has 1 N–H and O–H groups in total. The molecule has 0 aliphatic carbocycles. The average Bonchev–Trinajstić information content (AvgIpc) is 2.95. The molecule has 1 aromatic rings. The highest BCUT2D eigenvalue weighted by molar-refractivity contribution is 8.00. The normalized spacial score (nSPS) is 23.3. The van der Waals surface area contributed by atoms with Crippen LogP contribution in [0.3, 0.4) is 0 Å². The molecule has 0 saturated carbocycles. The van der Waals surface area contributed by atoms with Crippen molar-refractivity contribution in [3.63, 3.8) is 0 Å². The van der Waals surface area contributed by atoms with Crippen LogP contribution >= 0.6 is 11.8 Å². The number of thioether (sulfide) groups is 1. The topological polar surface area (TPSA) is 38.3 Å². The number of ether oxygens (including phenoxy) is 1. The molecule has 0 aromatic heterocycles. The first-order valence-corrected chi connectivity index (χ1v) is 8.60. The summed E-state index contributed by atoms with van der Waals surface area (Å²) in [4.78, 5) is 11.6. The molecule has 21 heavy (non-hydrogen) atoms. The highest BCUT2D eigenvalue weighted by Gasteiger charge is 2.33. The molecule has 1 fully saturated rings. The lowest BCUT2D eigenvalue weighted by Gasteiger charge is -2.20. The first kappa shape index (κ1) is 16.4. The number of nitrogens with one attached hydrogen (secondary N) is 1. The van der Waals surface area contributed by atoms with Gasteiger partial charge in [-0.05, 0) is 23.5 Å². The van der Waals surface area contributed by atoms with Crippen molar-refractivity contribution in [3.8, 4) is 0 Å². The minimum Gasteiger partial charge on any atom is -0.468 e. The van der Waals surface area contributed by atoms with Crippen LogP contribution in [-0.2, 0) is 16.0 Å². The lowest BCUT2D eigenvalue weighted by atomic mass is 9.96. The Kier molecular flexibility index (Phi) is 5.71. The van der Waals surface area contributed by atoms with Crippen molar-refractivity contribution >= 4 is 17.7 Å². The Hall–Kier alpha value is -1.00. The second kappa shape index (κ2) is 7.32. The number of methoxy groups -OCH3 is 1. The molecule has 3 nitrogen and oxygen atoms in total. The molecule has 4 heteroatoms. The number of hydrogen-bond acceptors (Lipinski definition) is 4. The van der Waals surface area contributed by atoms with Gasteiger partial charge < -0.3 is 4.74 Å². The van der Waals surface area contributed by atoms with Crippen LogP contribution in [0.25, 0.3) is 0 Å². The molecule has 1 aliphatic rings. The largest absolute Gasteiger partial charge is 0.468 e. The molecule has 1 aromatic carbocycles. The maximum absolute atomic E-state index is 11.6. The molecule has 3 atom stereocenters. The average molecular weight is 307 g/mol. The van der Waals surface area contributed by atoms with Crippen LogP contribution in [-0.4, -0.2) is 30.2 Å². The van der Waals surface area contributed by atoms with Crippen molar-refractivity contribution < 1.29 is 9.53 Å². The summed E-state index contributed by atoms with van der Waals surface area (Å²) in [6.07, 6.45) is 1.12. The van der Waals surface area contributed by atoms with Crippen molar-refractivity contribution in [1.82, 2.24) is 5.32 Å². The molecule has 0 spiro atoms. The highest BCUT2D eigenvalue weighted by Crippen LogP contribution is 2.32. The first-order valence-electron chi connectivity index (χ1n) is 7.55. The molecule has 1 saturated heterocycles. The standard InChI is InChI=1S/C17H25NO2S/c1-11(2)9-13-5-7-14(8-6-13)12(3)16-18-15(10-21-16)17(19)20-4/h5-8,11-12,15-16,18H,9-10H2,1-4H3/t12-,15+,16?/m1/s1. The Labute approximate surface area is 131 Å². The summed E-state index contributed by atoms with van der Waals surface area (Å²) in [5.74, 6) is 1.68. The summed E-state index contributed by atoms with van der Waals surface area (Å²) in [5, 5.41) is 3.64. The van der Waals surface area contributed by atoms with E-state index < -0.39 is 0 Å². The second-order valence-corrected chi connectivity index (χ2v) is 7.30. The summed E-state index contributed by atoms with van der Waals surface area (Å²) < 4.78 is 4.81. The molecule has 1 aliphatic heterocycles. The van der Waals surface area contributed by atoms with Crippen LogP contribution < -0.4 is 5.32 Å². The SMILES string of the molecule is COC(=O)[C@@H]1CSC([C@H](C)c2ccc(CC(C)C)cc2)N1. The number of carbonyl (C=O) groups is 1. The third kappa shape index (κ3) is 4.24. The van der Waals surface area contributed by atoms with Gasteiger partial charge in [-0.2, -0.15) is 0 Å². The molecule has 0 radical (unpaired) electrons. The summed E-state index contributed by atoms with van der Waals surface area (Å²) in [6, 6.07) is 8.71. The van der Waals surface area contributed by atoms with Gasteiger partial charge in [0.2, 0.25) is 0 Å². The van der Waals surface area contributed by atoms with Crippen LogP contribution in [0, 0.1) is 5.92 Å². The molecule has 1 unspecified atom stereocenters. The zero-order valence-corrected chi connectivity index (χ0v) is 14.1. The van der Waals surface area contributed by atoms with Gasteiger partial charge in [0, 0.05) is 11.7 Å². The monoisotopic (exact) mass is 307 g/mol. The van der Waals surface area contributed by atoms with Gasteiger partial charge in [0.05, 0.1) is 12.5 Å². The second-order valence-electron chi connectivity index (χ2n) is 6.12. The Morgan fingerprint density at radius 3 is 2.57 bits per heavy atom. The summed E-state index contributed by atoms with van der Waals surface area (Å²) >= 11 is 1.80. The van der Waals surface area contributed by atoms with E-state index in [9.17, 15) is 4.79 Å². The number of benzene rings is 1. The van der Waals surface area contributed by atoms with Crippen molar-refractivity contribution in [2.75, 3.05) is 12.9 Å². The van der Waals surface area contributed by atoms with Crippen LogP contribution in [0.2, 0.25) is 0 Å². The molecule has 0 bridgehead atoms. The number of carbonyl (C=O) groups excluding carboxylic acids is 1. The van der Waals surface area contributed by atoms with Crippen LogP contribution in [0.4, 0.5) is 0 Å². The van der Waals surface area contributed by atoms with Crippen molar-refractivity contribution in [1.29, 1.82) is 0 Å². The van der Waals surface area contributed by atoms with Gasteiger partial charge in [-0.15, -0.1) is 11.8 Å². The highest BCUT2D eigenvalue weighted by atomic mass is 32.2. The van der Waals surface area contributed by atoms with Gasteiger partial charge in [-0.3, -0.25) is 10.1 Å². The minimum absolute atomic E-state index is 0.163. The molecular weight excluding hydrogens is 282 g/mol. The van der Waals surface area contributed by atoms with Gasteiger partial charge >= 0.3 is 5.97 Å². The third-order valence-electron chi connectivity index (χ3n) is 3.90. The van der Waals surface area contributed by atoms with E-state index in [4.69, 9.17) is 4.74 Å². The number of esters is 1. The quantitative estimate of drug-likeness (QED) is 0.848. The minimum atomic E-state index is -0.173. The Morgan fingerprint density at radius 2 is 2.00 bits per heavy atom. The van der Waals surface area contributed by atoms with E-state index in [-0.39, 0.29) is 17.4 Å². The maximum atomic E-state index is 11.6. The predicted octanol–water partition coefficient (Wildman–Crippen LogP) is 3.19. The van der Waals surface area contributed by atoms with Gasteiger partial charge in [0.25, 0.3) is 0 Å². The zero-order chi connectivity index (χ0) is 15.4. The Bertz CT molecular complexity index is 472. The zero-order valence-electron chi connectivity index (χ0n) is 13.3. The Balaban J connectivity index is 1.97. The molecule has 2 rings (SSSR count). The van der Waals surface area contributed by atoms with Gasteiger partial charge in [0.1, 0.15) is 6.04 Å². The first-order chi connectivity index (χ1) is 10.0. The smallest absolute Gasteiger partial charge is 0.323 e. The molecule has 116 valence electrons. The molecule has 0 amide bonds. The van der Waals surface area contributed by atoms with E-state index in [0.29, 0.717) is 11.8 Å². The number of hydrogen-bond donors (Lipinski definition) is 1. The van der Waals surface area contributed by atoms with Gasteiger partial charge in [-0.25, -0.2) is 0 Å². The molecular formula is C17H25NO2S. The fourth-order valence-corrected chi connectivity index (χ4v) is 4.00. The van der Waals surface area contributed by atoms with Crippen LogP contribution in [0.1, 0.15) is 37.8 Å². The summed E-state index contributed by atoms with van der Waals surface area (Å²) in [7, 11) is 1.44. The van der Waals surface area contributed by atoms with Gasteiger partial charge in [-0.1, -0.05) is 45.0 Å². The van der Waals surface area contributed by atoms with Crippen molar-refractivity contribution in [2.45, 2.75) is 44.5 Å². The lowest BCUT2D eigenvalue weighted by molar-refractivity contribution is -0.142. The van der Waals surface area contributed by atoms with E-state index in [1.165, 1.54) is 18.2 Å². The fraction of sp³-hybridized carbons (Fsp3) is 0.588. The lowest BCUT2D eigenvalue weighted by Crippen LogP contribution is -2.39. The van der Waals surface area contributed by atoms with Crippen LogP contribution in [0.15, 0.2) is 24.3 Å². The number of rotatable bonds is 5. The van der Waals surface area contributed by atoms with E-state index in [1.54, 1.807) is 11.8 Å². The molecule has 1 heterocycles. The van der Waals surface area contributed by atoms with E-state index in [2.05, 4.69) is 50.4 Å². The van der Waals surface area contributed by atoms with E-state index in [0.717, 1.165) is 12.2 Å². The van der Waals surface area contributed by atoms with Crippen molar-refractivity contribution in [2.24, 2.45) is 5.92 Å². The Morgan fingerprint density at radius 1 is 1.33 bits per heavy atom. The summed E-state index contributed by atoms with van der Waals surface area (Å²) in [5.41, 5.74) is 2.71. The van der Waals surface area contributed by atoms with E-state index in [1.807, 2.05) is 0 Å². The van der Waals surface area contributed by atoms with E-state index >= 15 is 0 Å². The fourth-order valence-electron chi connectivity index (χ4n) is 2.66. The third-order valence-corrected chi connectivity index (χ3v) is 5.33. The van der Waals surface area contributed by atoms with Gasteiger partial charge in [0.15, 0.2) is 0 Å². The summed E-state index contributed by atoms with van der Waals surface area (Å²) in [6.45, 7) is 6.69. The maximum Gasteiger partial charge on any atom is 0.323 e. The van der Waals surface area contributed by atoms with Crippen molar-refractivity contribution in [3.05, 3.63) is 35.4 Å². The predicted molar refractivity (Wildman–Crippen MR) is 88.6 cm³/mol. The van der Waals surface area contributed by atoms with Crippen LogP contribution in [0.5, 0.6) is 0 Å².